The van der Waals surface area contributed by atoms with Gasteiger partial charge >= 0.3 is 0 Å². The summed E-state index contributed by atoms with van der Waals surface area (Å²) in [6.07, 6.45) is 7.11. The van der Waals surface area contributed by atoms with E-state index in [-0.39, 0.29) is 5.91 Å². The smallest absolute Gasteiger partial charge is 0.251 e. The van der Waals surface area contributed by atoms with Gasteiger partial charge in [0.25, 0.3) is 5.91 Å². The van der Waals surface area contributed by atoms with Crippen LogP contribution in [0.15, 0.2) is 24.7 Å². The summed E-state index contributed by atoms with van der Waals surface area (Å²) in [5.41, 5.74) is 4.79. The lowest BCUT2D eigenvalue weighted by molar-refractivity contribution is 0.0954. The van der Waals surface area contributed by atoms with E-state index >= 15 is 0 Å². The van der Waals surface area contributed by atoms with Crippen molar-refractivity contribution in [2.24, 2.45) is 0 Å². The molecule has 1 aliphatic rings. The van der Waals surface area contributed by atoms with Crippen LogP contribution in [-0.2, 0) is 19.3 Å². The SMILES string of the molecule is Cc1nc(CCNC(=O)c2ccn3ncnc3c2)nc2c1CCC2. The summed E-state index contributed by atoms with van der Waals surface area (Å²) in [5.74, 6) is 0.680. The fraction of sp³-hybridized carbons (Fsp3) is 0.353. The van der Waals surface area contributed by atoms with E-state index in [1.807, 2.05) is 6.92 Å². The molecule has 3 aromatic rings. The molecule has 122 valence electrons. The van der Waals surface area contributed by atoms with Gasteiger partial charge in [-0.2, -0.15) is 5.10 Å². The molecule has 0 aromatic carbocycles. The average molecular weight is 322 g/mol. The number of hydrogen-bond donors (Lipinski definition) is 1. The monoisotopic (exact) mass is 322 g/mol. The van der Waals surface area contributed by atoms with Gasteiger partial charge in [0.1, 0.15) is 12.2 Å². The highest BCUT2D eigenvalue weighted by Crippen LogP contribution is 2.22. The molecule has 0 atom stereocenters. The fourth-order valence-corrected chi connectivity index (χ4v) is 3.14. The summed E-state index contributed by atoms with van der Waals surface area (Å²) in [5, 5.41) is 6.93. The number of aryl methyl sites for hydroxylation is 2. The molecule has 3 aromatic heterocycles. The molecule has 7 nitrogen and oxygen atoms in total. The highest BCUT2D eigenvalue weighted by Gasteiger charge is 2.17. The van der Waals surface area contributed by atoms with Gasteiger partial charge in [-0.1, -0.05) is 0 Å². The molecule has 24 heavy (non-hydrogen) atoms. The molecule has 0 spiro atoms. The van der Waals surface area contributed by atoms with Crippen molar-refractivity contribution >= 4 is 11.6 Å². The van der Waals surface area contributed by atoms with Crippen molar-refractivity contribution in [1.82, 2.24) is 29.9 Å². The number of carbonyl (C=O) groups excluding carboxylic acids is 1. The number of amides is 1. The Bertz CT molecular complexity index is 917. The highest BCUT2D eigenvalue weighted by molar-refractivity contribution is 5.94. The highest BCUT2D eigenvalue weighted by atomic mass is 16.1. The van der Waals surface area contributed by atoms with Gasteiger partial charge in [0.15, 0.2) is 5.65 Å². The van der Waals surface area contributed by atoms with E-state index in [0.29, 0.717) is 24.2 Å². The molecule has 0 saturated heterocycles. The van der Waals surface area contributed by atoms with Crippen LogP contribution in [0.4, 0.5) is 0 Å². The van der Waals surface area contributed by atoms with Crippen molar-refractivity contribution in [3.05, 3.63) is 53.0 Å². The Balaban J connectivity index is 1.40. The molecule has 0 bridgehead atoms. The lowest BCUT2D eigenvalue weighted by atomic mass is 10.2. The van der Waals surface area contributed by atoms with Crippen LogP contribution in [0.3, 0.4) is 0 Å². The quantitative estimate of drug-likeness (QED) is 0.782. The lowest BCUT2D eigenvalue weighted by Gasteiger charge is -2.08. The minimum absolute atomic E-state index is 0.126. The van der Waals surface area contributed by atoms with Crippen LogP contribution in [0.1, 0.15) is 39.6 Å². The molecule has 0 fully saturated rings. The maximum Gasteiger partial charge on any atom is 0.251 e. The first-order chi connectivity index (χ1) is 11.7. The summed E-state index contributed by atoms with van der Waals surface area (Å²) >= 11 is 0. The van der Waals surface area contributed by atoms with Gasteiger partial charge in [0.05, 0.1) is 0 Å². The van der Waals surface area contributed by atoms with E-state index in [2.05, 4.69) is 25.4 Å². The first kappa shape index (κ1) is 14.7. The Morgan fingerprint density at radius 2 is 2.25 bits per heavy atom. The number of nitrogens with one attached hydrogen (secondary N) is 1. The fourth-order valence-electron chi connectivity index (χ4n) is 3.14. The van der Waals surface area contributed by atoms with Crippen molar-refractivity contribution in [3.63, 3.8) is 0 Å². The Morgan fingerprint density at radius 3 is 3.17 bits per heavy atom. The minimum Gasteiger partial charge on any atom is -0.352 e. The molecule has 1 aliphatic carbocycles. The Kier molecular flexibility index (Phi) is 3.68. The molecule has 0 unspecified atom stereocenters. The topological polar surface area (TPSA) is 85.1 Å². The zero-order chi connectivity index (χ0) is 16.5. The van der Waals surface area contributed by atoms with Crippen molar-refractivity contribution in [1.29, 1.82) is 0 Å². The van der Waals surface area contributed by atoms with Crippen LogP contribution in [0.5, 0.6) is 0 Å². The number of fused-ring (bicyclic) bond motifs is 2. The second-order valence-electron chi connectivity index (χ2n) is 5.99. The third kappa shape index (κ3) is 2.73. The zero-order valence-corrected chi connectivity index (χ0v) is 13.5. The Morgan fingerprint density at radius 1 is 1.33 bits per heavy atom. The Labute approximate surface area is 139 Å². The zero-order valence-electron chi connectivity index (χ0n) is 13.5. The van der Waals surface area contributed by atoms with Crippen molar-refractivity contribution in [2.75, 3.05) is 6.54 Å². The van der Waals surface area contributed by atoms with E-state index < -0.39 is 0 Å². The summed E-state index contributed by atoms with van der Waals surface area (Å²) in [7, 11) is 0. The number of rotatable bonds is 4. The normalized spacial score (nSPS) is 13.2. The second kappa shape index (κ2) is 5.99. The molecular formula is C17H18N6O. The molecule has 0 radical (unpaired) electrons. The molecule has 7 heteroatoms. The maximum atomic E-state index is 12.2. The maximum absolute atomic E-state index is 12.2. The average Bonchev–Trinajstić information content (AvgIpc) is 3.22. The van der Waals surface area contributed by atoms with E-state index in [9.17, 15) is 4.79 Å². The summed E-state index contributed by atoms with van der Waals surface area (Å²) in [4.78, 5) is 25.5. The Hall–Kier alpha value is -2.83. The van der Waals surface area contributed by atoms with Crippen molar-refractivity contribution in [3.8, 4) is 0 Å². The molecule has 0 saturated carbocycles. The predicted molar refractivity (Wildman–Crippen MR) is 87.8 cm³/mol. The minimum atomic E-state index is -0.126. The molecular weight excluding hydrogens is 304 g/mol. The molecule has 0 aliphatic heterocycles. The number of carbonyl (C=O) groups is 1. The van der Waals surface area contributed by atoms with E-state index in [0.717, 1.165) is 30.8 Å². The summed E-state index contributed by atoms with van der Waals surface area (Å²) in [6, 6.07) is 3.45. The van der Waals surface area contributed by atoms with Crippen LogP contribution < -0.4 is 5.32 Å². The van der Waals surface area contributed by atoms with Gasteiger partial charge in [-0.15, -0.1) is 0 Å². The van der Waals surface area contributed by atoms with Gasteiger partial charge in [-0.3, -0.25) is 4.79 Å². The van der Waals surface area contributed by atoms with Gasteiger partial charge in [-0.25, -0.2) is 19.5 Å². The van der Waals surface area contributed by atoms with Gasteiger partial charge in [0.2, 0.25) is 0 Å². The van der Waals surface area contributed by atoms with E-state index in [1.54, 1.807) is 22.8 Å². The molecule has 4 rings (SSSR count). The van der Waals surface area contributed by atoms with Gasteiger partial charge in [0, 0.05) is 36.1 Å². The predicted octanol–water partition coefficient (Wildman–Crippen LogP) is 1.29. The van der Waals surface area contributed by atoms with E-state index in [1.165, 1.54) is 17.6 Å². The largest absolute Gasteiger partial charge is 0.352 e. The third-order valence-electron chi connectivity index (χ3n) is 4.36. The van der Waals surface area contributed by atoms with Gasteiger partial charge < -0.3 is 5.32 Å². The number of hydrogen-bond acceptors (Lipinski definition) is 5. The summed E-state index contributed by atoms with van der Waals surface area (Å²) < 4.78 is 1.62. The molecule has 1 amide bonds. The second-order valence-corrected chi connectivity index (χ2v) is 5.99. The summed E-state index contributed by atoms with van der Waals surface area (Å²) in [6.45, 7) is 2.55. The first-order valence-electron chi connectivity index (χ1n) is 8.13. The molecule has 1 N–H and O–H groups in total. The standard InChI is InChI=1S/C17H18N6O/c1-11-13-3-2-4-14(13)22-15(21-11)5-7-18-17(24)12-6-8-23-16(9-12)19-10-20-23/h6,8-10H,2-5,7H2,1H3,(H,18,24). The molecule has 3 heterocycles. The number of nitrogens with zero attached hydrogens (tertiary/aromatic N) is 5. The van der Waals surface area contributed by atoms with Crippen LogP contribution >= 0.6 is 0 Å². The number of pyridine rings is 1. The lowest BCUT2D eigenvalue weighted by Crippen LogP contribution is -2.26. The van der Waals surface area contributed by atoms with E-state index in [4.69, 9.17) is 0 Å². The van der Waals surface area contributed by atoms with Crippen molar-refractivity contribution in [2.45, 2.75) is 32.6 Å². The van der Waals surface area contributed by atoms with Crippen LogP contribution in [0.25, 0.3) is 5.65 Å². The van der Waals surface area contributed by atoms with Crippen LogP contribution in [-0.4, -0.2) is 37.0 Å². The van der Waals surface area contributed by atoms with Gasteiger partial charge in [-0.05, 0) is 43.9 Å². The number of aromatic nitrogens is 5. The van der Waals surface area contributed by atoms with Crippen LogP contribution in [0, 0.1) is 6.92 Å². The van der Waals surface area contributed by atoms with Crippen molar-refractivity contribution < 1.29 is 4.79 Å². The van der Waals surface area contributed by atoms with Crippen LogP contribution in [0.2, 0.25) is 0 Å². The third-order valence-corrected chi connectivity index (χ3v) is 4.36. The first-order valence-corrected chi connectivity index (χ1v) is 8.13.